The summed E-state index contributed by atoms with van der Waals surface area (Å²) in [6, 6.07) is 5.07. The summed E-state index contributed by atoms with van der Waals surface area (Å²) in [6.07, 6.45) is 0. The molecule has 0 aromatic heterocycles. The number of rotatable bonds is 3. The molecule has 3 N–H and O–H groups in total. The molecule has 0 radical (unpaired) electrons. The van der Waals surface area contributed by atoms with Crippen LogP contribution < -0.4 is 10.5 Å². The number of anilines is 2. The Balaban J connectivity index is 2.43. The van der Waals surface area contributed by atoms with Crippen LogP contribution >= 0.6 is 23.2 Å². The number of nitrogens with two attached hydrogens (primary N) is 1. The van der Waals surface area contributed by atoms with Gasteiger partial charge in [-0.1, -0.05) is 23.2 Å². The van der Waals surface area contributed by atoms with Crippen LogP contribution in [0.3, 0.4) is 0 Å². The Morgan fingerprint density at radius 3 is 2.29 bits per heavy atom. The second-order valence-electron chi connectivity index (χ2n) is 4.04. The van der Waals surface area contributed by atoms with Crippen LogP contribution in [0.1, 0.15) is 0 Å². The van der Waals surface area contributed by atoms with E-state index in [-0.39, 0.29) is 15.7 Å². The Bertz CT molecular complexity index is 813. The minimum Gasteiger partial charge on any atom is -0.396 e. The molecule has 0 amide bonds. The van der Waals surface area contributed by atoms with Crippen molar-refractivity contribution in [2.24, 2.45) is 0 Å². The van der Waals surface area contributed by atoms with Crippen molar-refractivity contribution >= 4 is 44.6 Å². The monoisotopic (exact) mass is 352 g/mol. The Hall–Kier alpha value is -1.57. The van der Waals surface area contributed by atoms with Gasteiger partial charge in [-0.15, -0.1) is 0 Å². The van der Waals surface area contributed by atoms with Crippen LogP contribution in [0.4, 0.5) is 20.2 Å². The van der Waals surface area contributed by atoms with Gasteiger partial charge < -0.3 is 5.73 Å². The molecule has 21 heavy (non-hydrogen) atoms. The zero-order chi connectivity index (χ0) is 15.8. The van der Waals surface area contributed by atoms with Gasteiger partial charge in [0, 0.05) is 6.07 Å². The van der Waals surface area contributed by atoms with E-state index in [1.54, 1.807) is 0 Å². The molecular formula is C12H8Cl2F2N2O2S. The van der Waals surface area contributed by atoms with E-state index in [0.29, 0.717) is 12.1 Å². The van der Waals surface area contributed by atoms with E-state index in [2.05, 4.69) is 4.72 Å². The molecule has 0 saturated carbocycles. The number of benzene rings is 2. The molecule has 2 aromatic rings. The molecule has 0 aliphatic carbocycles. The maximum atomic E-state index is 13.6. The van der Waals surface area contributed by atoms with Gasteiger partial charge in [0.2, 0.25) is 0 Å². The molecular weight excluding hydrogens is 345 g/mol. The third-order valence-electron chi connectivity index (χ3n) is 2.51. The molecule has 2 rings (SSSR count). The number of hydrogen-bond acceptors (Lipinski definition) is 3. The van der Waals surface area contributed by atoms with E-state index < -0.39 is 32.2 Å². The van der Waals surface area contributed by atoms with Crippen molar-refractivity contribution in [1.82, 2.24) is 0 Å². The normalized spacial score (nSPS) is 11.4. The van der Waals surface area contributed by atoms with Gasteiger partial charge in [0.25, 0.3) is 10.0 Å². The van der Waals surface area contributed by atoms with Gasteiger partial charge in [-0.05, 0) is 24.3 Å². The molecule has 0 unspecified atom stereocenters. The van der Waals surface area contributed by atoms with Crippen molar-refractivity contribution in [3.8, 4) is 0 Å². The Morgan fingerprint density at radius 1 is 1.00 bits per heavy atom. The topological polar surface area (TPSA) is 72.2 Å². The SMILES string of the molecule is Nc1cc(S(=O)(=O)Nc2ccc(Cl)c(Cl)c2)c(F)cc1F. The lowest BCUT2D eigenvalue weighted by atomic mass is 10.3. The second-order valence-corrected chi connectivity index (χ2v) is 6.50. The summed E-state index contributed by atoms with van der Waals surface area (Å²) in [5, 5.41) is 0.354. The lowest BCUT2D eigenvalue weighted by Crippen LogP contribution is -2.15. The minimum atomic E-state index is -4.29. The van der Waals surface area contributed by atoms with E-state index in [1.165, 1.54) is 18.2 Å². The van der Waals surface area contributed by atoms with E-state index in [1.807, 2.05) is 0 Å². The van der Waals surface area contributed by atoms with Crippen molar-refractivity contribution in [1.29, 1.82) is 0 Å². The van der Waals surface area contributed by atoms with Crippen LogP contribution in [0.5, 0.6) is 0 Å². The van der Waals surface area contributed by atoms with Crippen molar-refractivity contribution in [3.05, 3.63) is 52.0 Å². The highest BCUT2D eigenvalue weighted by atomic mass is 35.5. The summed E-state index contributed by atoms with van der Waals surface area (Å²) in [4.78, 5) is -0.771. The molecule has 0 fully saturated rings. The molecule has 0 aliphatic rings. The minimum absolute atomic E-state index is 0.0756. The zero-order valence-electron chi connectivity index (χ0n) is 10.2. The summed E-state index contributed by atoms with van der Waals surface area (Å²) >= 11 is 11.5. The highest BCUT2D eigenvalue weighted by Crippen LogP contribution is 2.28. The average molecular weight is 353 g/mol. The number of sulfonamides is 1. The van der Waals surface area contributed by atoms with Gasteiger partial charge in [-0.3, -0.25) is 4.72 Å². The van der Waals surface area contributed by atoms with Crippen LogP contribution in [0.15, 0.2) is 35.2 Å². The first kappa shape index (κ1) is 15.8. The van der Waals surface area contributed by atoms with Gasteiger partial charge in [0.15, 0.2) is 0 Å². The van der Waals surface area contributed by atoms with E-state index in [4.69, 9.17) is 28.9 Å². The van der Waals surface area contributed by atoms with E-state index >= 15 is 0 Å². The number of nitrogen functional groups attached to an aromatic ring is 1. The van der Waals surface area contributed by atoms with Crippen molar-refractivity contribution in [2.75, 3.05) is 10.5 Å². The van der Waals surface area contributed by atoms with E-state index in [9.17, 15) is 17.2 Å². The molecule has 0 atom stereocenters. The first-order chi connectivity index (χ1) is 9.70. The third kappa shape index (κ3) is 3.37. The average Bonchev–Trinajstić information content (AvgIpc) is 2.37. The predicted molar refractivity (Wildman–Crippen MR) is 78.0 cm³/mol. The van der Waals surface area contributed by atoms with Crippen molar-refractivity contribution < 1.29 is 17.2 Å². The zero-order valence-corrected chi connectivity index (χ0v) is 12.5. The van der Waals surface area contributed by atoms with Crippen LogP contribution in [-0.2, 0) is 10.0 Å². The summed E-state index contributed by atoms with van der Waals surface area (Å²) < 4.78 is 52.9. The summed E-state index contributed by atoms with van der Waals surface area (Å²) in [5.74, 6) is -2.30. The Morgan fingerprint density at radius 2 is 1.67 bits per heavy atom. The second kappa shape index (κ2) is 5.67. The molecule has 0 spiro atoms. The first-order valence-corrected chi connectivity index (χ1v) is 7.67. The number of nitrogens with one attached hydrogen (secondary N) is 1. The van der Waals surface area contributed by atoms with Crippen molar-refractivity contribution in [3.63, 3.8) is 0 Å². The molecule has 2 aromatic carbocycles. The molecule has 0 saturated heterocycles. The Labute approximate surface area is 129 Å². The van der Waals surface area contributed by atoms with Crippen LogP contribution in [0.25, 0.3) is 0 Å². The summed E-state index contributed by atoms with van der Waals surface area (Å²) in [7, 11) is -4.29. The lowest BCUT2D eigenvalue weighted by molar-refractivity contribution is 0.553. The largest absolute Gasteiger partial charge is 0.396 e. The van der Waals surface area contributed by atoms with Gasteiger partial charge >= 0.3 is 0 Å². The maximum Gasteiger partial charge on any atom is 0.264 e. The summed E-state index contributed by atoms with van der Waals surface area (Å²) in [6.45, 7) is 0. The first-order valence-electron chi connectivity index (χ1n) is 5.43. The molecule has 112 valence electrons. The fourth-order valence-corrected chi connectivity index (χ4v) is 2.96. The number of halogens is 4. The number of hydrogen-bond donors (Lipinski definition) is 2. The molecule has 4 nitrogen and oxygen atoms in total. The smallest absolute Gasteiger partial charge is 0.264 e. The highest BCUT2D eigenvalue weighted by Gasteiger charge is 2.21. The fourth-order valence-electron chi connectivity index (χ4n) is 1.52. The molecule has 9 heteroatoms. The molecule has 0 aliphatic heterocycles. The van der Waals surface area contributed by atoms with Gasteiger partial charge in [0.05, 0.1) is 21.4 Å². The van der Waals surface area contributed by atoms with E-state index in [0.717, 1.165) is 0 Å². The maximum absolute atomic E-state index is 13.6. The van der Waals surface area contributed by atoms with Crippen molar-refractivity contribution in [2.45, 2.75) is 4.90 Å². The third-order valence-corrected chi connectivity index (χ3v) is 4.65. The fraction of sp³-hybridized carbons (Fsp3) is 0. The lowest BCUT2D eigenvalue weighted by Gasteiger charge is -2.10. The molecule has 0 bridgehead atoms. The van der Waals surface area contributed by atoms with Gasteiger partial charge in [-0.25, -0.2) is 17.2 Å². The highest BCUT2D eigenvalue weighted by molar-refractivity contribution is 7.92. The van der Waals surface area contributed by atoms with Crippen LogP contribution in [0, 0.1) is 11.6 Å². The van der Waals surface area contributed by atoms with Crippen LogP contribution in [-0.4, -0.2) is 8.42 Å². The Kier molecular flexibility index (Phi) is 4.27. The predicted octanol–water partition coefficient (Wildman–Crippen LogP) is 3.65. The standard InChI is InChI=1S/C12H8Cl2F2N2O2S/c13-7-2-1-6(3-8(7)14)18-21(19,20)12-5-11(17)9(15)4-10(12)16/h1-5,18H,17H2. The van der Waals surface area contributed by atoms with Gasteiger partial charge in [-0.2, -0.15) is 0 Å². The molecule has 0 heterocycles. The summed E-state index contributed by atoms with van der Waals surface area (Å²) in [5.41, 5.74) is 4.85. The van der Waals surface area contributed by atoms with Crippen LogP contribution in [0.2, 0.25) is 10.0 Å². The quantitative estimate of drug-likeness (QED) is 0.828. The van der Waals surface area contributed by atoms with Gasteiger partial charge in [0.1, 0.15) is 16.5 Å².